The van der Waals surface area contributed by atoms with E-state index in [-0.39, 0.29) is 17.2 Å². The van der Waals surface area contributed by atoms with Crippen molar-refractivity contribution in [3.63, 3.8) is 0 Å². The zero-order valence-electron chi connectivity index (χ0n) is 18.2. The first-order valence-electron chi connectivity index (χ1n) is 10.3. The summed E-state index contributed by atoms with van der Waals surface area (Å²) in [7, 11) is 0. The largest absolute Gasteiger partial charge is 0.508 e. The molecule has 5 nitrogen and oxygen atoms in total. The van der Waals surface area contributed by atoms with Crippen molar-refractivity contribution in [2.75, 3.05) is 4.90 Å². The molecule has 5 heteroatoms. The average molecular weight is 428 g/mol. The Morgan fingerprint density at radius 1 is 0.594 bits per heavy atom. The lowest BCUT2D eigenvalue weighted by Crippen LogP contribution is -2.10. The summed E-state index contributed by atoms with van der Waals surface area (Å²) >= 11 is 0. The molecule has 162 valence electrons. The van der Waals surface area contributed by atoms with Crippen LogP contribution in [0.5, 0.6) is 28.7 Å². The van der Waals surface area contributed by atoms with Crippen molar-refractivity contribution in [1.29, 1.82) is 0 Å². The highest BCUT2D eigenvalue weighted by atomic mass is 16.5. The molecule has 0 aliphatic rings. The van der Waals surface area contributed by atoms with Crippen LogP contribution in [0.15, 0.2) is 78.9 Å². The Hall–Kier alpha value is -4.12. The van der Waals surface area contributed by atoms with Crippen molar-refractivity contribution in [2.45, 2.75) is 20.8 Å². The molecule has 0 aromatic heterocycles. The summed E-state index contributed by atoms with van der Waals surface area (Å²) in [4.78, 5) is 1.79. The molecule has 4 rings (SSSR count). The molecule has 0 saturated heterocycles. The van der Waals surface area contributed by atoms with E-state index in [0.29, 0.717) is 28.6 Å². The molecule has 4 aromatic carbocycles. The van der Waals surface area contributed by atoms with Gasteiger partial charge in [-0.3, -0.25) is 0 Å². The number of hydrogen-bond donors (Lipinski definition) is 3. The topological polar surface area (TPSA) is 73.2 Å². The molecule has 0 aliphatic carbocycles. The lowest BCUT2D eigenvalue weighted by Gasteiger charge is -2.27. The summed E-state index contributed by atoms with van der Waals surface area (Å²) < 4.78 is 6.01. The van der Waals surface area contributed by atoms with Gasteiger partial charge in [0, 0.05) is 6.07 Å². The second-order valence-electron chi connectivity index (χ2n) is 7.87. The van der Waals surface area contributed by atoms with Crippen LogP contribution in [-0.4, -0.2) is 15.3 Å². The van der Waals surface area contributed by atoms with Crippen molar-refractivity contribution >= 4 is 17.1 Å². The number of benzene rings is 4. The number of phenolic OH excluding ortho intramolecular Hbond substituents is 3. The van der Waals surface area contributed by atoms with Gasteiger partial charge in [0.05, 0.1) is 17.1 Å². The highest BCUT2D eigenvalue weighted by molar-refractivity contribution is 5.83. The van der Waals surface area contributed by atoms with E-state index in [1.165, 1.54) is 0 Å². The monoisotopic (exact) mass is 427 g/mol. The molecule has 0 unspecified atom stereocenters. The van der Waals surface area contributed by atoms with Crippen LogP contribution in [0.2, 0.25) is 0 Å². The minimum atomic E-state index is 0.102. The lowest BCUT2D eigenvalue weighted by molar-refractivity contribution is 0.460. The van der Waals surface area contributed by atoms with E-state index in [0.717, 1.165) is 16.7 Å². The number of anilines is 3. The number of aryl methyl sites for hydroxylation is 3. The Bertz CT molecular complexity index is 1230. The molecule has 0 spiro atoms. The van der Waals surface area contributed by atoms with E-state index < -0.39 is 0 Å². The standard InChI is InChI=1S/C27H25NO4/c1-17-7-10-23(26(30)13-17)28(24-11-8-18(2)14-27(24)31)20-5-4-6-21(16-20)32-22-9-12-25(29)19(3)15-22/h4-16,29-31H,1-3H3. The van der Waals surface area contributed by atoms with Crippen molar-refractivity contribution in [3.05, 3.63) is 95.6 Å². The fourth-order valence-corrected chi connectivity index (χ4v) is 3.57. The Kier molecular flexibility index (Phi) is 5.65. The third-order valence-corrected chi connectivity index (χ3v) is 5.22. The Labute approximate surface area is 187 Å². The van der Waals surface area contributed by atoms with E-state index in [4.69, 9.17) is 4.74 Å². The van der Waals surface area contributed by atoms with Crippen LogP contribution in [0.1, 0.15) is 16.7 Å². The minimum Gasteiger partial charge on any atom is -0.508 e. The van der Waals surface area contributed by atoms with E-state index in [1.54, 1.807) is 42.2 Å². The number of hydrogen-bond acceptors (Lipinski definition) is 5. The minimum absolute atomic E-state index is 0.102. The molecule has 0 fully saturated rings. The van der Waals surface area contributed by atoms with E-state index in [9.17, 15) is 15.3 Å². The highest BCUT2D eigenvalue weighted by Gasteiger charge is 2.20. The lowest BCUT2D eigenvalue weighted by atomic mass is 10.1. The Morgan fingerprint density at radius 3 is 1.75 bits per heavy atom. The van der Waals surface area contributed by atoms with Gasteiger partial charge in [-0.2, -0.15) is 0 Å². The SMILES string of the molecule is Cc1ccc(N(c2cccc(Oc3ccc(O)c(C)c3)c2)c2ccc(C)cc2O)c(O)c1. The fourth-order valence-electron chi connectivity index (χ4n) is 3.57. The van der Waals surface area contributed by atoms with E-state index in [1.807, 2.05) is 62.4 Å². The smallest absolute Gasteiger partial charge is 0.139 e. The maximum Gasteiger partial charge on any atom is 0.139 e. The van der Waals surface area contributed by atoms with Crippen molar-refractivity contribution in [3.8, 4) is 28.7 Å². The average Bonchev–Trinajstić information content (AvgIpc) is 2.74. The van der Waals surface area contributed by atoms with Crippen LogP contribution in [0.25, 0.3) is 0 Å². The summed E-state index contributed by atoms with van der Waals surface area (Å²) in [6, 6.07) is 23.3. The number of phenols is 3. The van der Waals surface area contributed by atoms with Crippen LogP contribution < -0.4 is 9.64 Å². The number of rotatable bonds is 5. The van der Waals surface area contributed by atoms with Gasteiger partial charge in [-0.1, -0.05) is 18.2 Å². The van der Waals surface area contributed by atoms with Gasteiger partial charge in [0.1, 0.15) is 28.7 Å². The van der Waals surface area contributed by atoms with Crippen molar-refractivity contribution < 1.29 is 20.1 Å². The molecule has 4 aromatic rings. The second kappa shape index (κ2) is 8.55. The van der Waals surface area contributed by atoms with Gasteiger partial charge < -0.3 is 25.0 Å². The molecule has 0 radical (unpaired) electrons. The third kappa shape index (κ3) is 4.32. The third-order valence-electron chi connectivity index (χ3n) is 5.22. The van der Waals surface area contributed by atoms with E-state index >= 15 is 0 Å². The van der Waals surface area contributed by atoms with Crippen LogP contribution in [-0.2, 0) is 0 Å². The molecule has 0 atom stereocenters. The second-order valence-corrected chi connectivity index (χ2v) is 7.87. The summed E-state index contributed by atoms with van der Waals surface area (Å²) in [6.45, 7) is 5.62. The van der Waals surface area contributed by atoms with Crippen LogP contribution in [0.4, 0.5) is 17.1 Å². The molecule has 0 amide bonds. The van der Waals surface area contributed by atoms with E-state index in [2.05, 4.69) is 0 Å². The highest BCUT2D eigenvalue weighted by Crippen LogP contribution is 2.44. The Balaban J connectivity index is 1.80. The molecule has 0 saturated carbocycles. The first-order valence-corrected chi connectivity index (χ1v) is 10.3. The summed E-state index contributed by atoms with van der Waals surface area (Å²) in [5.41, 5.74) is 4.35. The normalized spacial score (nSPS) is 10.7. The first-order chi connectivity index (χ1) is 15.3. The number of nitrogens with zero attached hydrogens (tertiary/aromatic N) is 1. The number of aromatic hydroxyl groups is 3. The zero-order valence-corrected chi connectivity index (χ0v) is 18.2. The molecule has 3 N–H and O–H groups in total. The van der Waals surface area contributed by atoms with Gasteiger partial charge in [0.25, 0.3) is 0 Å². The summed E-state index contributed by atoms with van der Waals surface area (Å²) in [5.74, 6) is 1.59. The zero-order chi connectivity index (χ0) is 22.8. The van der Waals surface area contributed by atoms with Gasteiger partial charge in [0.15, 0.2) is 0 Å². The summed E-state index contributed by atoms with van der Waals surface area (Å²) in [6.07, 6.45) is 0. The fraction of sp³-hybridized carbons (Fsp3) is 0.111. The van der Waals surface area contributed by atoms with Crippen molar-refractivity contribution in [1.82, 2.24) is 0 Å². The number of ether oxygens (including phenoxy) is 1. The maximum atomic E-state index is 10.7. The Morgan fingerprint density at radius 2 is 1.19 bits per heavy atom. The predicted molar refractivity (Wildman–Crippen MR) is 127 cm³/mol. The molecular formula is C27H25NO4. The van der Waals surface area contributed by atoms with Gasteiger partial charge >= 0.3 is 0 Å². The quantitative estimate of drug-likeness (QED) is 0.320. The van der Waals surface area contributed by atoms with Gasteiger partial charge in [0.2, 0.25) is 0 Å². The van der Waals surface area contributed by atoms with Crippen molar-refractivity contribution in [2.24, 2.45) is 0 Å². The van der Waals surface area contributed by atoms with Crippen LogP contribution >= 0.6 is 0 Å². The predicted octanol–water partition coefficient (Wildman–Crippen LogP) is 6.99. The maximum absolute atomic E-state index is 10.7. The molecule has 0 bridgehead atoms. The van der Waals surface area contributed by atoms with Gasteiger partial charge in [-0.05, 0) is 92.1 Å². The van der Waals surface area contributed by atoms with Crippen LogP contribution in [0, 0.1) is 20.8 Å². The van der Waals surface area contributed by atoms with Crippen LogP contribution in [0.3, 0.4) is 0 Å². The molecular weight excluding hydrogens is 402 g/mol. The molecule has 0 heterocycles. The van der Waals surface area contributed by atoms with Gasteiger partial charge in [-0.15, -0.1) is 0 Å². The summed E-state index contributed by atoms with van der Waals surface area (Å²) in [5, 5.41) is 31.2. The van der Waals surface area contributed by atoms with Gasteiger partial charge in [-0.25, -0.2) is 0 Å². The first kappa shape index (κ1) is 21.1. The molecule has 0 aliphatic heterocycles. The molecule has 32 heavy (non-hydrogen) atoms.